The summed E-state index contributed by atoms with van der Waals surface area (Å²) in [4.78, 5) is 34.9. The van der Waals surface area contributed by atoms with Crippen molar-refractivity contribution in [2.75, 3.05) is 24.6 Å². The van der Waals surface area contributed by atoms with Gasteiger partial charge in [0.2, 0.25) is 0 Å². The van der Waals surface area contributed by atoms with Crippen molar-refractivity contribution in [1.29, 1.82) is 0 Å². The molecule has 4 aromatic rings. The zero-order valence-corrected chi connectivity index (χ0v) is 23.3. The largest absolute Gasteiger partial charge is 0.464 e. The van der Waals surface area contributed by atoms with E-state index in [1.165, 1.54) is 11.3 Å². The fraction of sp³-hybridized carbons (Fsp3) is 0.258. The molecule has 0 saturated carbocycles. The number of hydrogen-bond donors (Lipinski definition) is 0. The Morgan fingerprint density at radius 2 is 1.77 bits per heavy atom. The van der Waals surface area contributed by atoms with Crippen LogP contribution in [-0.4, -0.2) is 30.2 Å². The van der Waals surface area contributed by atoms with Crippen LogP contribution in [0.4, 0.5) is 5.69 Å². The number of anilines is 1. The third-order valence-electron chi connectivity index (χ3n) is 6.72. The van der Waals surface area contributed by atoms with Crippen LogP contribution in [0.2, 0.25) is 0 Å². The average molecular weight is 542 g/mol. The molecule has 3 heterocycles. The van der Waals surface area contributed by atoms with Crippen LogP contribution in [0.25, 0.3) is 11.8 Å². The molecule has 39 heavy (non-hydrogen) atoms. The molecule has 0 N–H and O–H groups in total. The Bertz CT molecular complexity index is 1690. The molecule has 0 saturated heterocycles. The lowest BCUT2D eigenvalue weighted by atomic mass is 9.97. The molecule has 0 aliphatic carbocycles. The van der Waals surface area contributed by atoms with Gasteiger partial charge in [-0.3, -0.25) is 9.36 Å². The number of fused-ring (bicyclic) bond motifs is 1. The molecule has 7 nitrogen and oxygen atoms in total. The summed E-state index contributed by atoms with van der Waals surface area (Å²) in [5, 5.41) is 0. The van der Waals surface area contributed by atoms with Gasteiger partial charge in [-0.2, -0.15) is 0 Å². The predicted octanol–water partition coefficient (Wildman–Crippen LogP) is 4.68. The minimum atomic E-state index is -0.809. The fourth-order valence-electron chi connectivity index (χ4n) is 4.83. The van der Waals surface area contributed by atoms with Crippen molar-refractivity contribution >= 4 is 34.8 Å². The van der Waals surface area contributed by atoms with Crippen molar-refractivity contribution in [3.8, 4) is 0 Å². The fourth-order valence-corrected chi connectivity index (χ4v) is 5.83. The topological polar surface area (TPSA) is 77.0 Å². The zero-order chi connectivity index (χ0) is 27.5. The van der Waals surface area contributed by atoms with Gasteiger partial charge >= 0.3 is 5.97 Å². The highest BCUT2D eigenvalue weighted by Gasteiger charge is 2.37. The van der Waals surface area contributed by atoms with Crippen molar-refractivity contribution in [2.24, 2.45) is 4.99 Å². The molecule has 8 heteroatoms. The smallest absolute Gasteiger partial charge is 0.338 e. The third kappa shape index (κ3) is 5.12. The van der Waals surface area contributed by atoms with E-state index in [0.717, 1.165) is 29.9 Å². The molecular weight excluding hydrogens is 510 g/mol. The Labute approximate surface area is 231 Å². The molecule has 1 aliphatic rings. The molecule has 2 aromatic carbocycles. The van der Waals surface area contributed by atoms with E-state index in [0.29, 0.717) is 26.6 Å². The maximum Gasteiger partial charge on any atom is 0.338 e. The Balaban J connectivity index is 1.72. The summed E-state index contributed by atoms with van der Waals surface area (Å²) in [7, 11) is 0. The number of furan rings is 1. The maximum atomic E-state index is 13.9. The number of nitrogens with zero attached hydrogens (tertiary/aromatic N) is 3. The first-order valence-corrected chi connectivity index (χ1v) is 14.0. The average Bonchev–Trinajstić information content (AvgIpc) is 3.52. The summed E-state index contributed by atoms with van der Waals surface area (Å²) in [5.74, 6) is 0.637. The summed E-state index contributed by atoms with van der Waals surface area (Å²) in [6.45, 7) is 9.89. The lowest BCUT2D eigenvalue weighted by Gasteiger charge is -2.24. The van der Waals surface area contributed by atoms with Crippen LogP contribution in [0.15, 0.2) is 86.5 Å². The quantitative estimate of drug-likeness (QED) is 0.303. The van der Waals surface area contributed by atoms with E-state index in [2.05, 4.69) is 30.9 Å². The highest BCUT2D eigenvalue weighted by molar-refractivity contribution is 7.07. The van der Waals surface area contributed by atoms with Gasteiger partial charge in [0.05, 0.1) is 22.4 Å². The lowest BCUT2D eigenvalue weighted by Crippen LogP contribution is -2.39. The van der Waals surface area contributed by atoms with Gasteiger partial charge in [-0.25, -0.2) is 9.79 Å². The van der Waals surface area contributed by atoms with E-state index < -0.39 is 12.0 Å². The highest BCUT2D eigenvalue weighted by Crippen LogP contribution is 2.35. The van der Waals surface area contributed by atoms with Gasteiger partial charge in [-0.1, -0.05) is 53.8 Å². The molecule has 200 valence electrons. The molecule has 5 rings (SSSR count). The molecule has 1 atom stereocenters. The summed E-state index contributed by atoms with van der Waals surface area (Å²) in [5.41, 5.74) is 3.33. The second-order valence-electron chi connectivity index (χ2n) is 9.14. The van der Waals surface area contributed by atoms with E-state index in [1.807, 2.05) is 61.5 Å². The van der Waals surface area contributed by atoms with Crippen molar-refractivity contribution in [1.82, 2.24) is 4.57 Å². The van der Waals surface area contributed by atoms with Gasteiger partial charge in [-0.15, -0.1) is 0 Å². The molecule has 0 radical (unpaired) electrons. The molecule has 2 aromatic heterocycles. The standard InChI is InChI=1S/C31H31N3O4S/c1-5-33(6-2)23-16-14-21(15-17-23)19-25-29(35)34-28(24-18-13-20(4)38-24)26(30(36)37-7-3)27(32-31(34)39-25)22-11-9-8-10-12-22/h8-19,28H,5-7H2,1-4H3. The molecule has 1 unspecified atom stereocenters. The van der Waals surface area contributed by atoms with Crippen LogP contribution in [0.3, 0.4) is 0 Å². The van der Waals surface area contributed by atoms with Crippen LogP contribution in [0.5, 0.6) is 0 Å². The number of aromatic nitrogens is 1. The van der Waals surface area contributed by atoms with E-state index in [1.54, 1.807) is 17.6 Å². The van der Waals surface area contributed by atoms with Gasteiger partial charge in [-0.05, 0) is 63.6 Å². The summed E-state index contributed by atoms with van der Waals surface area (Å²) < 4.78 is 13.6. The van der Waals surface area contributed by atoms with Crippen molar-refractivity contribution in [3.05, 3.63) is 115 Å². The SMILES string of the molecule is CCOC(=O)C1=C(c2ccccc2)N=c2sc(=Cc3ccc(N(CC)CC)cc3)c(=O)n2C1c1ccc(C)o1. The molecule has 0 amide bonds. The molecule has 1 aliphatic heterocycles. The van der Waals surface area contributed by atoms with Gasteiger partial charge in [0, 0.05) is 24.3 Å². The monoisotopic (exact) mass is 541 g/mol. The van der Waals surface area contributed by atoms with Crippen LogP contribution in [0.1, 0.15) is 49.5 Å². The highest BCUT2D eigenvalue weighted by atomic mass is 32.1. The van der Waals surface area contributed by atoms with Crippen LogP contribution >= 0.6 is 11.3 Å². The Kier molecular flexibility index (Phi) is 7.65. The maximum absolute atomic E-state index is 13.9. The Hall–Kier alpha value is -4.17. The number of carbonyl (C=O) groups is 1. The number of benzene rings is 2. The van der Waals surface area contributed by atoms with Crippen LogP contribution < -0.4 is 19.8 Å². The second kappa shape index (κ2) is 11.3. The van der Waals surface area contributed by atoms with Gasteiger partial charge in [0.15, 0.2) is 4.80 Å². The molecule has 0 bridgehead atoms. The van der Waals surface area contributed by atoms with Gasteiger partial charge in [0.1, 0.15) is 17.6 Å². The normalized spacial score (nSPS) is 15.2. The van der Waals surface area contributed by atoms with E-state index in [9.17, 15) is 9.59 Å². The number of hydrogen-bond acceptors (Lipinski definition) is 7. The number of ether oxygens (including phenoxy) is 1. The minimum absolute atomic E-state index is 0.197. The number of rotatable bonds is 8. The van der Waals surface area contributed by atoms with E-state index >= 15 is 0 Å². The Morgan fingerprint density at radius 1 is 1.05 bits per heavy atom. The molecule has 0 fully saturated rings. The van der Waals surface area contributed by atoms with Crippen LogP contribution in [-0.2, 0) is 9.53 Å². The van der Waals surface area contributed by atoms with Crippen molar-refractivity contribution < 1.29 is 13.9 Å². The van der Waals surface area contributed by atoms with E-state index in [4.69, 9.17) is 14.1 Å². The minimum Gasteiger partial charge on any atom is -0.464 e. The Morgan fingerprint density at radius 3 is 2.38 bits per heavy atom. The number of aryl methyl sites for hydroxylation is 1. The summed E-state index contributed by atoms with van der Waals surface area (Å²) in [6, 6.07) is 20.5. The first-order valence-electron chi connectivity index (χ1n) is 13.1. The number of carbonyl (C=O) groups excluding carboxylic acids is 1. The van der Waals surface area contributed by atoms with Crippen molar-refractivity contribution in [3.63, 3.8) is 0 Å². The number of esters is 1. The predicted molar refractivity (Wildman–Crippen MR) is 155 cm³/mol. The second-order valence-corrected chi connectivity index (χ2v) is 10.2. The number of thiazole rings is 1. The summed E-state index contributed by atoms with van der Waals surface area (Å²) in [6.07, 6.45) is 1.87. The van der Waals surface area contributed by atoms with Gasteiger partial charge < -0.3 is 14.1 Å². The lowest BCUT2D eigenvalue weighted by molar-refractivity contribution is -0.139. The first kappa shape index (κ1) is 26.4. The molecular formula is C31H31N3O4S. The van der Waals surface area contributed by atoms with Crippen molar-refractivity contribution in [2.45, 2.75) is 33.7 Å². The molecule has 0 spiro atoms. The van der Waals surface area contributed by atoms with Crippen LogP contribution in [0, 0.1) is 6.92 Å². The summed E-state index contributed by atoms with van der Waals surface area (Å²) >= 11 is 1.30. The first-order chi connectivity index (χ1) is 18.9. The third-order valence-corrected chi connectivity index (χ3v) is 7.71. The van der Waals surface area contributed by atoms with E-state index in [-0.39, 0.29) is 17.7 Å². The zero-order valence-electron chi connectivity index (χ0n) is 22.5. The van der Waals surface area contributed by atoms with Gasteiger partial charge in [0.25, 0.3) is 5.56 Å².